The number of aryl methyl sites for hydroxylation is 1. The van der Waals surface area contributed by atoms with Gasteiger partial charge in [0.05, 0.1) is 16.1 Å². The lowest BCUT2D eigenvalue weighted by molar-refractivity contribution is -0.122. The van der Waals surface area contributed by atoms with Gasteiger partial charge in [0.1, 0.15) is 0 Å². The number of nitrogens with two attached hydrogens (primary N) is 1. The lowest BCUT2D eigenvalue weighted by Crippen LogP contribution is -2.52. The maximum Gasteiger partial charge on any atom is 0.261 e. The monoisotopic (exact) mass is 387 g/mol. The Hall–Kier alpha value is -2.38. The molecule has 1 fully saturated rings. The maximum absolute atomic E-state index is 12.6. The molecule has 0 heterocycles. The van der Waals surface area contributed by atoms with Gasteiger partial charge >= 0.3 is 0 Å². The van der Waals surface area contributed by atoms with Crippen LogP contribution in [0.15, 0.2) is 53.4 Å². The van der Waals surface area contributed by atoms with Gasteiger partial charge in [-0.3, -0.25) is 9.52 Å². The molecule has 144 valence electrons. The van der Waals surface area contributed by atoms with Gasteiger partial charge in [-0.2, -0.15) is 0 Å². The molecule has 2 aromatic rings. The molecule has 0 saturated heterocycles. The van der Waals surface area contributed by atoms with Crippen molar-refractivity contribution in [2.24, 2.45) is 5.73 Å². The molecule has 0 radical (unpaired) electrons. The lowest BCUT2D eigenvalue weighted by atomic mass is 9.82. The first-order valence-electron chi connectivity index (χ1n) is 9.09. The second kappa shape index (κ2) is 7.70. The number of carbonyl (C=O) groups excluding carboxylic acids is 1. The molecule has 1 aliphatic rings. The molecule has 1 aliphatic carbocycles. The minimum atomic E-state index is -3.70. The van der Waals surface area contributed by atoms with Crippen molar-refractivity contribution in [1.82, 2.24) is 0 Å². The van der Waals surface area contributed by atoms with Gasteiger partial charge in [0.2, 0.25) is 5.91 Å². The Kier molecular flexibility index (Phi) is 5.53. The number of carbonyl (C=O) groups is 1. The fourth-order valence-electron chi connectivity index (χ4n) is 3.28. The van der Waals surface area contributed by atoms with Crippen LogP contribution >= 0.6 is 0 Å². The molecule has 6 nitrogen and oxygen atoms in total. The number of benzene rings is 2. The van der Waals surface area contributed by atoms with E-state index in [1.54, 1.807) is 43.3 Å². The highest BCUT2D eigenvalue weighted by Gasteiger charge is 2.35. The van der Waals surface area contributed by atoms with Gasteiger partial charge < -0.3 is 11.1 Å². The van der Waals surface area contributed by atoms with Crippen LogP contribution in [-0.2, 0) is 14.8 Å². The van der Waals surface area contributed by atoms with Crippen LogP contribution in [0.3, 0.4) is 0 Å². The van der Waals surface area contributed by atoms with Crippen LogP contribution in [0.5, 0.6) is 0 Å². The summed E-state index contributed by atoms with van der Waals surface area (Å²) in [4.78, 5) is 12.8. The third-order valence-electron chi connectivity index (χ3n) is 4.99. The first kappa shape index (κ1) is 19.4. The van der Waals surface area contributed by atoms with Crippen molar-refractivity contribution in [2.75, 3.05) is 10.0 Å². The van der Waals surface area contributed by atoms with Crippen LogP contribution in [0, 0.1) is 6.92 Å². The summed E-state index contributed by atoms with van der Waals surface area (Å²) in [5.41, 5.74) is 7.12. The summed E-state index contributed by atoms with van der Waals surface area (Å²) >= 11 is 0. The molecule has 0 bridgehead atoms. The molecule has 27 heavy (non-hydrogen) atoms. The smallest absolute Gasteiger partial charge is 0.261 e. The van der Waals surface area contributed by atoms with Crippen LogP contribution in [0.25, 0.3) is 0 Å². The fourth-order valence-corrected chi connectivity index (χ4v) is 4.42. The van der Waals surface area contributed by atoms with E-state index < -0.39 is 15.6 Å². The van der Waals surface area contributed by atoms with Crippen LogP contribution in [0.4, 0.5) is 11.4 Å². The number of hydrogen-bond acceptors (Lipinski definition) is 4. The number of amides is 1. The maximum atomic E-state index is 12.6. The first-order chi connectivity index (χ1) is 12.8. The van der Waals surface area contributed by atoms with Crippen LogP contribution in [0.2, 0.25) is 0 Å². The van der Waals surface area contributed by atoms with E-state index >= 15 is 0 Å². The van der Waals surface area contributed by atoms with E-state index in [2.05, 4.69) is 10.0 Å². The summed E-state index contributed by atoms with van der Waals surface area (Å²) in [6.45, 7) is 1.81. The highest BCUT2D eigenvalue weighted by atomic mass is 32.2. The minimum Gasteiger partial charge on any atom is -0.324 e. The van der Waals surface area contributed by atoms with Gasteiger partial charge in [-0.1, -0.05) is 43.5 Å². The molecule has 0 unspecified atom stereocenters. The quantitative estimate of drug-likeness (QED) is 0.732. The number of rotatable bonds is 5. The molecule has 0 atom stereocenters. The van der Waals surface area contributed by atoms with Gasteiger partial charge in [-0.05, 0) is 49.6 Å². The van der Waals surface area contributed by atoms with E-state index in [0.717, 1.165) is 24.8 Å². The Morgan fingerprint density at radius 3 is 2.37 bits per heavy atom. The van der Waals surface area contributed by atoms with Crippen LogP contribution in [-0.4, -0.2) is 19.9 Å². The summed E-state index contributed by atoms with van der Waals surface area (Å²) in [5.74, 6) is -0.220. The Bertz CT molecular complexity index is 921. The second-order valence-corrected chi connectivity index (χ2v) is 8.80. The molecular formula is C20H25N3O3S. The molecule has 4 N–H and O–H groups in total. The number of hydrogen-bond donors (Lipinski definition) is 3. The van der Waals surface area contributed by atoms with Gasteiger partial charge in [-0.15, -0.1) is 0 Å². The zero-order chi connectivity index (χ0) is 19.5. The van der Waals surface area contributed by atoms with Crippen molar-refractivity contribution >= 4 is 27.3 Å². The average Bonchev–Trinajstić information content (AvgIpc) is 2.65. The Morgan fingerprint density at radius 2 is 1.70 bits per heavy atom. The van der Waals surface area contributed by atoms with E-state index in [9.17, 15) is 13.2 Å². The summed E-state index contributed by atoms with van der Waals surface area (Å²) in [5, 5.41) is 2.85. The minimum absolute atomic E-state index is 0.182. The third-order valence-corrected chi connectivity index (χ3v) is 6.37. The summed E-state index contributed by atoms with van der Waals surface area (Å²) < 4.78 is 27.7. The Morgan fingerprint density at radius 1 is 1.04 bits per heavy atom. The number of anilines is 2. The summed E-state index contributed by atoms with van der Waals surface area (Å²) in [6, 6.07) is 13.3. The largest absolute Gasteiger partial charge is 0.324 e. The van der Waals surface area contributed by atoms with E-state index in [4.69, 9.17) is 5.73 Å². The van der Waals surface area contributed by atoms with Crippen LogP contribution in [0.1, 0.15) is 37.7 Å². The molecule has 0 aliphatic heterocycles. The van der Waals surface area contributed by atoms with Crippen molar-refractivity contribution in [2.45, 2.75) is 49.5 Å². The van der Waals surface area contributed by atoms with Gasteiger partial charge in [-0.25, -0.2) is 8.42 Å². The van der Waals surface area contributed by atoms with Crippen molar-refractivity contribution in [3.8, 4) is 0 Å². The van der Waals surface area contributed by atoms with E-state index in [0.29, 0.717) is 24.2 Å². The van der Waals surface area contributed by atoms with Gasteiger partial charge in [0, 0.05) is 5.69 Å². The van der Waals surface area contributed by atoms with E-state index in [-0.39, 0.29) is 10.8 Å². The molecule has 2 aromatic carbocycles. The van der Waals surface area contributed by atoms with Crippen LogP contribution < -0.4 is 15.8 Å². The predicted molar refractivity (Wildman–Crippen MR) is 107 cm³/mol. The molecular weight excluding hydrogens is 362 g/mol. The third kappa shape index (κ3) is 4.48. The Labute approximate surface area is 160 Å². The van der Waals surface area contributed by atoms with E-state index in [1.807, 2.05) is 0 Å². The zero-order valence-corrected chi connectivity index (χ0v) is 16.2. The van der Waals surface area contributed by atoms with Crippen molar-refractivity contribution in [1.29, 1.82) is 0 Å². The van der Waals surface area contributed by atoms with Crippen molar-refractivity contribution < 1.29 is 13.2 Å². The molecule has 0 aromatic heterocycles. The molecule has 0 spiro atoms. The summed E-state index contributed by atoms with van der Waals surface area (Å²) in [6.07, 6.45) is 4.32. The zero-order valence-electron chi connectivity index (χ0n) is 15.4. The molecule has 1 amide bonds. The van der Waals surface area contributed by atoms with Crippen molar-refractivity contribution in [3.05, 3.63) is 54.1 Å². The topological polar surface area (TPSA) is 101 Å². The molecule has 3 rings (SSSR count). The Balaban J connectivity index is 1.79. The predicted octanol–water partition coefficient (Wildman–Crippen LogP) is 3.40. The normalized spacial score (nSPS) is 16.5. The average molecular weight is 388 g/mol. The molecule has 1 saturated carbocycles. The first-order valence-corrected chi connectivity index (χ1v) is 10.6. The number of nitrogens with one attached hydrogen (secondary N) is 2. The number of sulfonamides is 1. The summed E-state index contributed by atoms with van der Waals surface area (Å²) in [7, 11) is -3.70. The second-order valence-electron chi connectivity index (χ2n) is 7.12. The van der Waals surface area contributed by atoms with E-state index in [1.165, 1.54) is 12.1 Å². The lowest BCUT2D eigenvalue weighted by Gasteiger charge is -2.31. The molecule has 7 heteroatoms. The standard InChI is InChI=1S/C20H25N3O3S/c1-15-10-11-16(22-19(24)20(21)12-6-3-7-13-20)14-18(15)23-27(25,26)17-8-4-2-5-9-17/h2,4-5,8-11,14,23H,3,6-7,12-13,21H2,1H3,(H,22,24). The van der Waals surface area contributed by atoms with Gasteiger partial charge in [0.15, 0.2) is 0 Å². The highest BCUT2D eigenvalue weighted by molar-refractivity contribution is 7.92. The fraction of sp³-hybridized carbons (Fsp3) is 0.350. The SMILES string of the molecule is Cc1ccc(NC(=O)C2(N)CCCCC2)cc1NS(=O)(=O)c1ccccc1. The van der Waals surface area contributed by atoms with Gasteiger partial charge in [0.25, 0.3) is 10.0 Å². The van der Waals surface area contributed by atoms with Crippen molar-refractivity contribution in [3.63, 3.8) is 0 Å². The highest BCUT2D eigenvalue weighted by Crippen LogP contribution is 2.28.